The van der Waals surface area contributed by atoms with Crippen molar-refractivity contribution in [3.05, 3.63) is 0 Å². The van der Waals surface area contributed by atoms with Crippen LogP contribution >= 0.6 is 0 Å². The van der Waals surface area contributed by atoms with E-state index in [2.05, 4.69) is 19.2 Å². The number of rotatable bonds is 8. The summed E-state index contributed by atoms with van der Waals surface area (Å²) < 4.78 is 31.5. The number of methoxy groups -OCH3 is 1. The van der Waals surface area contributed by atoms with Crippen LogP contribution in [-0.4, -0.2) is 57.4 Å². The molecule has 0 amide bonds. The van der Waals surface area contributed by atoms with E-state index in [0.29, 0.717) is 19.6 Å². The van der Waals surface area contributed by atoms with Crippen LogP contribution in [0.1, 0.15) is 39.5 Å². The summed E-state index contributed by atoms with van der Waals surface area (Å²) in [6.45, 7) is 6.17. The summed E-state index contributed by atoms with van der Waals surface area (Å²) in [4.78, 5) is 0. The van der Waals surface area contributed by atoms with Crippen molar-refractivity contribution < 1.29 is 13.2 Å². The molecule has 2 unspecified atom stereocenters. The number of hydrogen-bond donors (Lipinski definition) is 1. The summed E-state index contributed by atoms with van der Waals surface area (Å²) in [5.41, 5.74) is 0. The van der Waals surface area contributed by atoms with Gasteiger partial charge in [-0.1, -0.05) is 13.3 Å². The van der Waals surface area contributed by atoms with Gasteiger partial charge in [-0.3, -0.25) is 0 Å². The van der Waals surface area contributed by atoms with Crippen LogP contribution in [0.2, 0.25) is 0 Å². The minimum absolute atomic E-state index is 0.0984. The van der Waals surface area contributed by atoms with E-state index in [1.807, 2.05) is 0 Å². The highest BCUT2D eigenvalue weighted by atomic mass is 32.2. The Hall–Kier alpha value is -0.170. The van der Waals surface area contributed by atoms with Gasteiger partial charge in [-0.05, 0) is 32.7 Å². The van der Waals surface area contributed by atoms with Crippen molar-refractivity contribution in [3.63, 3.8) is 0 Å². The van der Waals surface area contributed by atoms with Crippen LogP contribution in [0.4, 0.5) is 0 Å². The fraction of sp³-hybridized carbons (Fsp3) is 1.00. The quantitative estimate of drug-likeness (QED) is 0.683. The van der Waals surface area contributed by atoms with Crippen LogP contribution in [0.5, 0.6) is 0 Å². The van der Waals surface area contributed by atoms with E-state index in [0.717, 1.165) is 25.8 Å². The van der Waals surface area contributed by atoms with Crippen molar-refractivity contribution in [2.45, 2.75) is 51.6 Å². The molecule has 5 nitrogen and oxygen atoms in total. The zero-order chi connectivity index (χ0) is 14.3. The van der Waals surface area contributed by atoms with E-state index in [1.165, 1.54) is 0 Å². The first-order chi connectivity index (χ1) is 9.03. The van der Waals surface area contributed by atoms with E-state index < -0.39 is 10.0 Å². The SMILES string of the molecule is CCNC(C)C1CCCCN1S(=O)(=O)CCCOC. The number of nitrogens with zero attached hydrogens (tertiary/aromatic N) is 1. The Kier molecular flexibility index (Phi) is 7.28. The first-order valence-electron chi connectivity index (χ1n) is 7.24. The molecule has 114 valence electrons. The van der Waals surface area contributed by atoms with Gasteiger partial charge in [0.1, 0.15) is 0 Å². The number of piperidine rings is 1. The van der Waals surface area contributed by atoms with Crippen molar-refractivity contribution in [2.24, 2.45) is 0 Å². The van der Waals surface area contributed by atoms with Gasteiger partial charge in [0.2, 0.25) is 10.0 Å². The number of likely N-dealkylation sites (N-methyl/N-ethyl adjacent to an activating group) is 1. The van der Waals surface area contributed by atoms with Crippen molar-refractivity contribution >= 4 is 10.0 Å². The van der Waals surface area contributed by atoms with Crippen molar-refractivity contribution in [2.75, 3.05) is 32.6 Å². The molecular formula is C13H28N2O3S. The van der Waals surface area contributed by atoms with Crippen molar-refractivity contribution in [3.8, 4) is 0 Å². The average Bonchev–Trinajstić information content (AvgIpc) is 2.39. The maximum atomic E-state index is 12.4. The fourth-order valence-electron chi connectivity index (χ4n) is 2.74. The summed E-state index contributed by atoms with van der Waals surface area (Å²) in [7, 11) is -1.55. The topological polar surface area (TPSA) is 58.6 Å². The predicted molar refractivity (Wildman–Crippen MR) is 77.8 cm³/mol. The molecule has 0 radical (unpaired) electrons. The standard InChI is InChI=1S/C13H28N2O3S/c1-4-14-12(2)13-8-5-6-9-15(13)19(16,17)11-7-10-18-3/h12-14H,4-11H2,1-3H3. The molecule has 1 aliphatic rings. The third-order valence-electron chi connectivity index (χ3n) is 3.71. The van der Waals surface area contributed by atoms with E-state index >= 15 is 0 Å². The first-order valence-corrected chi connectivity index (χ1v) is 8.85. The summed E-state index contributed by atoms with van der Waals surface area (Å²) in [6.07, 6.45) is 3.61. The molecule has 1 heterocycles. The van der Waals surface area contributed by atoms with Gasteiger partial charge in [-0.25, -0.2) is 8.42 Å². The van der Waals surface area contributed by atoms with E-state index in [4.69, 9.17) is 4.74 Å². The maximum Gasteiger partial charge on any atom is 0.214 e. The molecule has 0 aromatic heterocycles. The van der Waals surface area contributed by atoms with Gasteiger partial charge in [-0.15, -0.1) is 0 Å². The normalized spacial score (nSPS) is 23.4. The van der Waals surface area contributed by atoms with Crippen LogP contribution in [-0.2, 0) is 14.8 Å². The summed E-state index contributed by atoms with van der Waals surface area (Å²) in [6, 6.07) is 0.309. The molecule has 2 atom stereocenters. The Bertz CT molecular complexity index is 346. The summed E-state index contributed by atoms with van der Waals surface area (Å²) in [5, 5.41) is 3.35. The highest BCUT2D eigenvalue weighted by molar-refractivity contribution is 7.89. The van der Waals surface area contributed by atoms with Gasteiger partial charge >= 0.3 is 0 Å². The van der Waals surface area contributed by atoms with Gasteiger partial charge < -0.3 is 10.1 Å². The van der Waals surface area contributed by atoms with E-state index in [-0.39, 0.29) is 17.8 Å². The maximum absolute atomic E-state index is 12.4. The van der Waals surface area contributed by atoms with Crippen LogP contribution in [0.25, 0.3) is 0 Å². The Labute approximate surface area is 117 Å². The van der Waals surface area contributed by atoms with Gasteiger partial charge in [0, 0.05) is 32.3 Å². The zero-order valence-electron chi connectivity index (χ0n) is 12.4. The number of hydrogen-bond acceptors (Lipinski definition) is 4. The Balaban J connectivity index is 2.69. The third kappa shape index (κ3) is 5.02. The zero-order valence-corrected chi connectivity index (χ0v) is 13.2. The minimum atomic E-state index is -3.15. The molecule has 1 saturated heterocycles. The number of ether oxygens (including phenoxy) is 1. The van der Waals surface area contributed by atoms with Crippen LogP contribution in [0.15, 0.2) is 0 Å². The Morgan fingerprint density at radius 1 is 1.42 bits per heavy atom. The van der Waals surface area contributed by atoms with Gasteiger partial charge in [0.05, 0.1) is 5.75 Å². The van der Waals surface area contributed by atoms with Crippen LogP contribution in [0.3, 0.4) is 0 Å². The minimum Gasteiger partial charge on any atom is -0.385 e. The molecule has 1 rings (SSSR count). The average molecular weight is 292 g/mol. The van der Waals surface area contributed by atoms with Crippen LogP contribution in [0, 0.1) is 0 Å². The highest BCUT2D eigenvalue weighted by Crippen LogP contribution is 2.23. The molecule has 0 aromatic carbocycles. The van der Waals surface area contributed by atoms with Gasteiger partial charge in [-0.2, -0.15) is 4.31 Å². The fourth-order valence-corrected chi connectivity index (χ4v) is 4.56. The molecule has 0 aliphatic carbocycles. The molecule has 6 heteroatoms. The second-order valence-electron chi connectivity index (χ2n) is 5.18. The molecule has 1 aliphatic heterocycles. The Morgan fingerprint density at radius 3 is 2.79 bits per heavy atom. The molecule has 19 heavy (non-hydrogen) atoms. The first kappa shape index (κ1) is 16.9. The van der Waals surface area contributed by atoms with E-state index in [9.17, 15) is 8.42 Å². The largest absolute Gasteiger partial charge is 0.385 e. The van der Waals surface area contributed by atoms with Crippen molar-refractivity contribution in [1.29, 1.82) is 0 Å². The molecule has 1 N–H and O–H groups in total. The van der Waals surface area contributed by atoms with Crippen molar-refractivity contribution in [1.82, 2.24) is 9.62 Å². The predicted octanol–water partition coefficient (Wildman–Crippen LogP) is 1.21. The lowest BCUT2D eigenvalue weighted by molar-refractivity contribution is 0.194. The molecule has 0 spiro atoms. The smallest absolute Gasteiger partial charge is 0.214 e. The second-order valence-corrected chi connectivity index (χ2v) is 7.22. The highest BCUT2D eigenvalue weighted by Gasteiger charge is 2.34. The van der Waals surface area contributed by atoms with E-state index in [1.54, 1.807) is 11.4 Å². The molecule has 0 saturated carbocycles. The molecule has 0 bridgehead atoms. The van der Waals surface area contributed by atoms with Gasteiger partial charge in [0.25, 0.3) is 0 Å². The Morgan fingerprint density at radius 2 is 2.16 bits per heavy atom. The summed E-state index contributed by atoms with van der Waals surface area (Å²) in [5.74, 6) is 0.191. The molecular weight excluding hydrogens is 264 g/mol. The molecule has 0 aromatic rings. The lowest BCUT2D eigenvalue weighted by atomic mass is 9.99. The number of sulfonamides is 1. The number of nitrogens with one attached hydrogen (secondary N) is 1. The monoisotopic (exact) mass is 292 g/mol. The second kappa shape index (κ2) is 8.19. The van der Waals surface area contributed by atoms with Gasteiger partial charge in [0.15, 0.2) is 0 Å². The van der Waals surface area contributed by atoms with Crippen LogP contribution < -0.4 is 5.32 Å². The lowest BCUT2D eigenvalue weighted by Crippen LogP contribution is -2.53. The summed E-state index contributed by atoms with van der Waals surface area (Å²) >= 11 is 0. The molecule has 1 fully saturated rings. The lowest BCUT2D eigenvalue weighted by Gasteiger charge is -2.38. The third-order valence-corrected chi connectivity index (χ3v) is 5.68.